The first-order valence-electron chi connectivity index (χ1n) is 7.38. The monoisotopic (exact) mass is 309 g/mol. The van der Waals surface area contributed by atoms with Gasteiger partial charge in [-0.3, -0.25) is 9.59 Å². The summed E-state index contributed by atoms with van der Waals surface area (Å²) in [4.78, 5) is 26.9. The highest BCUT2D eigenvalue weighted by Crippen LogP contribution is 2.27. The first-order valence-corrected chi connectivity index (χ1v) is 7.38. The Bertz CT molecular complexity index is 501. The minimum atomic E-state index is -0.394. The molecular weight excluding hydrogens is 286 g/mol. The lowest BCUT2D eigenvalue weighted by molar-refractivity contribution is -0.144. The van der Waals surface area contributed by atoms with Crippen LogP contribution in [-0.2, 0) is 9.63 Å². The number of hydrogen-bond acceptors (Lipinski definition) is 6. The van der Waals surface area contributed by atoms with Crippen molar-refractivity contribution in [1.29, 1.82) is 0 Å². The van der Waals surface area contributed by atoms with Crippen molar-refractivity contribution in [3.05, 3.63) is 23.8 Å². The van der Waals surface area contributed by atoms with Gasteiger partial charge in [-0.2, -0.15) is 5.90 Å². The molecule has 22 heavy (non-hydrogen) atoms. The third-order valence-electron chi connectivity index (χ3n) is 3.42. The summed E-state index contributed by atoms with van der Waals surface area (Å²) in [5.41, 5.74) is 0.490. The SMILES string of the molecule is COc1ccc(C(=O)CCCCCCCC(=O)ON)cc1O. The van der Waals surface area contributed by atoms with Gasteiger partial charge in [0.05, 0.1) is 7.11 Å². The van der Waals surface area contributed by atoms with Crippen LogP contribution < -0.4 is 10.6 Å². The number of nitrogens with two attached hydrogens (primary N) is 1. The van der Waals surface area contributed by atoms with E-state index in [1.807, 2.05) is 0 Å². The second-order valence-electron chi connectivity index (χ2n) is 5.07. The Morgan fingerprint density at radius 1 is 1.09 bits per heavy atom. The van der Waals surface area contributed by atoms with Crippen LogP contribution in [0.3, 0.4) is 0 Å². The van der Waals surface area contributed by atoms with Crippen LogP contribution >= 0.6 is 0 Å². The van der Waals surface area contributed by atoms with Crippen molar-refractivity contribution >= 4 is 11.8 Å². The zero-order chi connectivity index (χ0) is 16.4. The van der Waals surface area contributed by atoms with E-state index < -0.39 is 5.97 Å². The van der Waals surface area contributed by atoms with Gasteiger partial charge in [-0.1, -0.05) is 19.3 Å². The molecule has 0 aliphatic rings. The molecule has 6 heteroatoms. The molecule has 0 aromatic heterocycles. The minimum Gasteiger partial charge on any atom is -0.504 e. The quantitative estimate of drug-likeness (QED) is 0.392. The van der Waals surface area contributed by atoms with Crippen molar-refractivity contribution in [3.8, 4) is 11.5 Å². The predicted octanol–water partition coefficient (Wildman–Crippen LogP) is 2.73. The van der Waals surface area contributed by atoms with Crippen LogP contribution in [0.15, 0.2) is 18.2 Å². The van der Waals surface area contributed by atoms with E-state index in [-0.39, 0.29) is 11.5 Å². The average molecular weight is 309 g/mol. The van der Waals surface area contributed by atoms with Crippen LogP contribution in [0, 0.1) is 0 Å². The lowest BCUT2D eigenvalue weighted by Crippen LogP contribution is -2.09. The molecule has 6 nitrogen and oxygen atoms in total. The summed E-state index contributed by atoms with van der Waals surface area (Å²) in [6.45, 7) is 0. The van der Waals surface area contributed by atoms with Gasteiger partial charge in [0, 0.05) is 18.4 Å². The molecule has 0 unspecified atom stereocenters. The van der Waals surface area contributed by atoms with Crippen LogP contribution in [0.5, 0.6) is 11.5 Å². The van der Waals surface area contributed by atoms with E-state index in [0.29, 0.717) is 24.2 Å². The highest BCUT2D eigenvalue weighted by atomic mass is 16.7. The molecule has 0 saturated heterocycles. The third kappa shape index (κ3) is 6.13. The number of hydrogen-bond donors (Lipinski definition) is 2. The highest BCUT2D eigenvalue weighted by Gasteiger charge is 2.09. The molecule has 0 bridgehead atoms. The molecule has 122 valence electrons. The van der Waals surface area contributed by atoms with Gasteiger partial charge in [0.15, 0.2) is 17.3 Å². The van der Waals surface area contributed by atoms with Gasteiger partial charge in [0.1, 0.15) is 0 Å². The number of phenolic OH excluding ortho intramolecular Hbond substituents is 1. The molecule has 0 aliphatic carbocycles. The number of unbranched alkanes of at least 4 members (excludes halogenated alkanes) is 4. The second kappa shape index (κ2) is 9.78. The number of aromatic hydroxyl groups is 1. The molecule has 0 radical (unpaired) electrons. The van der Waals surface area contributed by atoms with Crippen LogP contribution in [0.25, 0.3) is 0 Å². The summed E-state index contributed by atoms with van der Waals surface area (Å²) >= 11 is 0. The van der Waals surface area contributed by atoms with E-state index >= 15 is 0 Å². The number of Topliss-reactive ketones (excluding diaryl/α,β-unsaturated/α-hetero) is 1. The van der Waals surface area contributed by atoms with Gasteiger partial charge in [0.25, 0.3) is 0 Å². The van der Waals surface area contributed by atoms with Crippen LogP contribution in [0.1, 0.15) is 55.3 Å². The summed E-state index contributed by atoms with van der Waals surface area (Å²) in [7, 11) is 1.46. The number of ether oxygens (including phenoxy) is 1. The van der Waals surface area contributed by atoms with Gasteiger partial charge in [-0.05, 0) is 31.0 Å². The maximum absolute atomic E-state index is 12.0. The van der Waals surface area contributed by atoms with Gasteiger partial charge in [-0.15, -0.1) is 0 Å². The first kappa shape index (κ1) is 18.0. The summed E-state index contributed by atoms with van der Waals surface area (Å²) < 4.78 is 4.94. The number of ketones is 1. The Labute approximate surface area is 130 Å². The molecule has 0 atom stereocenters. The molecule has 0 spiro atoms. The van der Waals surface area contributed by atoms with E-state index in [9.17, 15) is 14.7 Å². The van der Waals surface area contributed by atoms with Gasteiger partial charge < -0.3 is 14.7 Å². The maximum atomic E-state index is 12.0. The fourth-order valence-corrected chi connectivity index (χ4v) is 2.15. The third-order valence-corrected chi connectivity index (χ3v) is 3.42. The topological polar surface area (TPSA) is 98.9 Å². The normalized spacial score (nSPS) is 10.3. The van der Waals surface area contributed by atoms with E-state index in [4.69, 9.17) is 10.6 Å². The maximum Gasteiger partial charge on any atom is 0.324 e. The van der Waals surface area contributed by atoms with Crippen molar-refractivity contribution in [2.45, 2.75) is 44.9 Å². The molecule has 0 saturated carbocycles. The van der Waals surface area contributed by atoms with Crippen LogP contribution in [0.4, 0.5) is 0 Å². The molecule has 0 aliphatic heterocycles. The zero-order valence-electron chi connectivity index (χ0n) is 12.8. The smallest absolute Gasteiger partial charge is 0.324 e. The van der Waals surface area contributed by atoms with E-state index in [1.54, 1.807) is 12.1 Å². The lowest BCUT2D eigenvalue weighted by Gasteiger charge is -2.06. The van der Waals surface area contributed by atoms with Gasteiger partial charge in [0.2, 0.25) is 0 Å². The molecule has 0 fully saturated rings. The Kier molecular flexibility index (Phi) is 7.99. The molecule has 0 heterocycles. The number of methoxy groups -OCH3 is 1. The summed E-state index contributed by atoms with van der Waals surface area (Å²) in [5, 5.41) is 9.65. The Balaban J connectivity index is 2.21. The molecule has 1 rings (SSSR count). The standard InChI is InChI=1S/C16H23NO5/c1-21-15-10-9-12(11-14(15)19)13(18)7-5-3-2-4-6-8-16(20)22-17/h9-11,19H,2-8,17H2,1H3. The summed E-state index contributed by atoms with van der Waals surface area (Å²) in [6.07, 6.45) is 5.09. The van der Waals surface area contributed by atoms with Crippen molar-refractivity contribution in [2.75, 3.05) is 7.11 Å². The molecular formula is C16H23NO5. The van der Waals surface area contributed by atoms with E-state index in [0.717, 1.165) is 32.1 Å². The van der Waals surface area contributed by atoms with Crippen molar-refractivity contribution in [3.63, 3.8) is 0 Å². The summed E-state index contributed by atoms with van der Waals surface area (Å²) in [6, 6.07) is 4.66. The first-order chi connectivity index (χ1) is 10.6. The highest BCUT2D eigenvalue weighted by molar-refractivity contribution is 5.96. The van der Waals surface area contributed by atoms with Crippen molar-refractivity contribution in [1.82, 2.24) is 0 Å². The lowest BCUT2D eigenvalue weighted by atomic mass is 10.0. The fraction of sp³-hybridized carbons (Fsp3) is 0.500. The van der Waals surface area contributed by atoms with E-state index in [2.05, 4.69) is 4.84 Å². The number of benzene rings is 1. The van der Waals surface area contributed by atoms with Gasteiger partial charge in [-0.25, -0.2) is 0 Å². The Morgan fingerprint density at radius 3 is 2.32 bits per heavy atom. The summed E-state index contributed by atoms with van der Waals surface area (Å²) in [5.74, 6) is 4.68. The number of carbonyl (C=O) groups is 2. The second-order valence-corrected chi connectivity index (χ2v) is 5.07. The van der Waals surface area contributed by atoms with Crippen molar-refractivity contribution < 1.29 is 24.3 Å². The zero-order valence-corrected chi connectivity index (χ0v) is 12.8. The number of phenols is 1. The predicted molar refractivity (Wildman–Crippen MR) is 81.6 cm³/mol. The molecule has 3 N–H and O–H groups in total. The molecule has 0 amide bonds. The van der Waals surface area contributed by atoms with Gasteiger partial charge >= 0.3 is 5.97 Å². The fourth-order valence-electron chi connectivity index (χ4n) is 2.15. The largest absolute Gasteiger partial charge is 0.504 e. The molecule has 1 aromatic carbocycles. The molecule has 1 aromatic rings. The van der Waals surface area contributed by atoms with Crippen molar-refractivity contribution in [2.24, 2.45) is 5.90 Å². The Morgan fingerprint density at radius 2 is 1.73 bits per heavy atom. The Hall–Kier alpha value is -2.08. The number of carbonyl (C=O) groups excluding carboxylic acids is 2. The average Bonchev–Trinajstić information content (AvgIpc) is 2.53. The number of rotatable bonds is 10. The van der Waals surface area contributed by atoms with Crippen LogP contribution in [0.2, 0.25) is 0 Å². The van der Waals surface area contributed by atoms with Crippen LogP contribution in [-0.4, -0.2) is 24.0 Å². The minimum absolute atomic E-state index is 0.00432. The van der Waals surface area contributed by atoms with E-state index in [1.165, 1.54) is 13.2 Å².